The number of nitrogens with one attached hydrogen (secondary N) is 1. The molecule has 11 heteroatoms. The number of sulfonamides is 1. The van der Waals surface area contributed by atoms with Gasteiger partial charge in [0, 0.05) is 19.6 Å². The minimum absolute atomic E-state index is 0.0301. The zero-order chi connectivity index (χ0) is 15.4. The summed E-state index contributed by atoms with van der Waals surface area (Å²) in [6, 6.07) is 0. The van der Waals surface area contributed by atoms with Crippen LogP contribution < -0.4 is 9.86 Å². The number of primary sulfonamides is 1. The summed E-state index contributed by atoms with van der Waals surface area (Å²) in [5, 5.41) is 13.6. The van der Waals surface area contributed by atoms with Crippen molar-refractivity contribution in [2.45, 2.75) is 19.3 Å². The number of carbonyl (C=O) groups is 1. The summed E-state index contributed by atoms with van der Waals surface area (Å²) >= 11 is 0. The largest absolute Gasteiger partial charge is 0.481 e. The van der Waals surface area contributed by atoms with Crippen LogP contribution in [0.1, 0.15) is 19.3 Å². The Morgan fingerprint density at radius 2 is 1.80 bits per heavy atom. The highest BCUT2D eigenvalue weighted by atomic mass is 32.2. The van der Waals surface area contributed by atoms with Crippen molar-refractivity contribution >= 4 is 26.2 Å². The highest BCUT2D eigenvalue weighted by Crippen LogP contribution is 2.18. The van der Waals surface area contributed by atoms with Gasteiger partial charge in [0.15, 0.2) is 0 Å². The van der Waals surface area contributed by atoms with Crippen molar-refractivity contribution in [3.05, 3.63) is 0 Å². The molecule has 0 unspecified atom stereocenters. The van der Waals surface area contributed by atoms with Gasteiger partial charge in [0.25, 0.3) is 10.2 Å². The molecule has 4 N–H and O–H groups in total. The predicted molar refractivity (Wildman–Crippen MR) is 71.4 cm³/mol. The monoisotopic (exact) mass is 329 g/mol. The van der Waals surface area contributed by atoms with E-state index in [2.05, 4.69) is 4.72 Å². The van der Waals surface area contributed by atoms with E-state index in [0.29, 0.717) is 0 Å². The van der Waals surface area contributed by atoms with Crippen LogP contribution in [-0.4, -0.2) is 57.6 Å². The Morgan fingerprint density at radius 1 is 1.25 bits per heavy atom. The highest BCUT2D eigenvalue weighted by Gasteiger charge is 2.30. The highest BCUT2D eigenvalue weighted by molar-refractivity contribution is 7.89. The van der Waals surface area contributed by atoms with Gasteiger partial charge in [-0.3, -0.25) is 4.79 Å². The Labute approximate surface area is 118 Å². The van der Waals surface area contributed by atoms with Crippen molar-refractivity contribution in [2.75, 3.05) is 25.4 Å². The van der Waals surface area contributed by atoms with Crippen molar-refractivity contribution in [3.8, 4) is 0 Å². The van der Waals surface area contributed by atoms with E-state index in [0.717, 1.165) is 0 Å². The first-order valence-corrected chi connectivity index (χ1v) is 9.25. The number of aliphatic carboxylic acids is 1. The maximum atomic E-state index is 11.9. The summed E-state index contributed by atoms with van der Waals surface area (Å²) in [5.41, 5.74) is 0. The van der Waals surface area contributed by atoms with Crippen LogP contribution in [-0.2, 0) is 25.0 Å². The van der Waals surface area contributed by atoms with E-state index in [1.165, 1.54) is 4.31 Å². The second-order valence-electron chi connectivity index (χ2n) is 4.63. The van der Waals surface area contributed by atoms with E-state index in [-0.39, 0.29) is 44.6 Å². The van der Waals surface area contributed by atoms with Gasteiger partial charge in [0.2, 0.25) is 10.0 Å². The summed E-state index contributed by atoms with van der Waals surface area (Å²) < 4.78 is 48.6. The molecular formula is C9H19N3O6S2. The van der Waals surface area contributed by atoms with Crippen LogP contribution in [0.25, 0.3) is 0 Å². The van der Waals surface area contributed by atoms with Crippen LogP contribution in [0.5, 0.6) is 0 Å². The second kappa shape index (κ2) is 6.80. The molecular weight excluding hydrogens is 310 g/mol. The third kappa shape index (κ3) is 5.71. The molecule has 118 valence electrons. The fraction of sp³-hybridized carbons (Fsp3) is 0.889. The Bertz CT molecular complexity index is 536. The molecule has 0 saturated carbocycles. The molecule has 0 aromatic carbocycles. The first-order valence-electron chi connectivity index (χ1n) is 6.10. The Morgan fingerprint density at radius 3 is 2.25 bits per heavy atom. The van der Waals surface area contributed by atoms with Crippen LogP contribution >= 0.6 is 0 Å². The average Bonchev–Trinajstić information content (AvgIpc) is 2.34. The van der Waals surface area contributed by atoms with E-state index >= 15 is 0 Å². The molecule has 20 heavy (non-hydrogen) atoms. The van der Waals surface area contributed by atoms with Crippen LogP contribution in [0.4, 0.5) is 0 Å². The molecule has 1 aliphatic rings. The Hall–Kier alpha value is -0.750. The van der Waals surface area contributed by atoms with Crippen molar-refractivity contribution in [1.82, 2.24) is 9.03 Å². The van der Waals surface area contributed by atoms with E-state index in [9.17, 15) is 21.6 Å². The maximum absolute atomic E-state index is 11.9. The van der Waals surface area contributed by atoms with E-state index in [1.54, 1.807) is 0 Å². The van der Waals surface area contributed by atoms with Gasteiger partial charge < -0.3 is 5.11 Å². The van der Waals surface area contributed by atoms with E-state index in [1.807, 2.05) is 0 Å². The van der Waals surface area contributed by atoms with Crippen molar-refractivity contribution in [3.63, 3.8) is 0 Å². The molecule has 0 aliphatic carbocycles. The lowest BCUT2D eigenvalue weighted by molar-refractivity contribution is -0.142. The molecule has 1 aliphatic heterocycles. The molecule has 1 saturated heterocycles. The molecule has 0 radical (unpaired) electrons. The second-order valence-corrected chi connectivity index (χ2v) is 8.12. The number of nitrogens with two attached hydrogens (primary N) is 1. The molecule has 0 amide bonds. The molecule has 1 heterocycles. The molecule has 9 nitrogen and oxygen atoms in total. The molecule has 1 rings (SSSR count). The number of nitrogens with zero attached hydrogens (tertiary/aromatic N) is 1. The first kappa shape index (κ1) is 17.3. The number of hydrogen-bond acceptors (Lipinski definition) is 5. The lowest BCUT2D eigenvalue weighted by atomic mass is 9.99. The summed E-state index contributed by atoms with van der Waals surface area (Å²) in [6.07, 6.45) is 0.629. The van der Waals surface area contributed by atoms with Gasteiger partial charge in [-0.05, 0) is 19.3 Å². The van der Waals surface area contributed by atoms with Gasteiger partial charge in [0.1, 0.15) is 0 Å². The number of piperidine rings is 1. The maximum Gasteiger partial charge on any atom is 0.306 e. The molecule has 0 atom stereocenters. The van der Waals surface area contributed by atoms with Crippen LogP contribution in [0.2, 0.25) is 0 Å². The third-order valence-electron chi connectivity index (χ3n) is 3.03. The summed E-state index contributed by atoms with van der Waals surface area (Å²) in [4.78, 5) is 10.8. The van der Waals surface area contributed by atoms with Gasteiger partial charge in [-0.1, -0.05) is 0 Å². The summed E-state index contributed by atoms with van der Waals surface area (Å²) in [7, 11) is -7.29. The van der Waals surface area contributed by atoms with Gasteiger partial charge >= 0.3 is 5.97 Å². The van der Waals surface area contributed by atoms with Gasteiger partial charge in [0.05, 0.1) is 11.7 Å². The number of carboxylic acid groups (broad SMARTS) is 1. The zero-order valence-electron chi connectivity index (χ0n) is 10.9. The molecule has 0 spiro atoms. The minimum atomic E-state index is -3.70. The zero-order valence-corrected chi connectivity index (χ0v) is 12.5. The predicted octanol–water partition coefficient (Wildman–Crippen LogP) is -1.70. The average molecular weight is 329 g/mol. The molecule has 0 aromatic heterocycles. The van der Waals surface area contributed by atoms with Crippen LogP contribution in [0.3, 0.4) is 0 Å². The molecule has 1 fully saturated rings. The van der Waals surface area contributed by atoms with Crippen molar-refractivity contribution in [1.29, 1.82) is 0 Å². The fourth-order valence-electron chi connectivity index (χ4n) is 1.91. The molecule has 0 bridgehead atoms. The van der Waals surface area contributed by atoms with Crippen molar-refractivity contribution < 1.29 is 26.7 Å². The Kier molecular flexibility index (Phi) is 5.89. The fourth-order valence-corrected chi connectivity index (χ4v) is 3.73. The third-order valence-corrected chi connectivity index (χ3v) is 5.50. The van der Waals surface area contributed by atoms with Crippen molar-refractivity contribution in [2.24, 2.45) is 11.1 Å². The topological polar surface area (TPSA) is 147 Å². The summed E-state index contributed by atoms with van der Waals surface area (Å²) in [5.74, 6) is -1.72. The van der Waals surface area contributed by atoms with E-state index in [4.69, 9.17) is 10.2 Å². The number of hydrogen-bond donors (Lipinski definition) is 3. The normalized spacial score (nSPS) is 19.1. The number of carboxylic acids is 1. The van der Waals surface area contributed by atoms with Crippen LogP contribution in [0, 0.1) is 5.92 Å². The number of rotatable bonds is 7. The standard InChI is InChI=1S/C9H19N3O6S2/c10-19(15,16)7-1-4-11-20(17,18)12-5-2-8(3-6-12)9(13)14/h8,11H,1-7H2,(H,13,14)(H2,10,15,16). The van der Waals surface area contributed by atoms with Gasteiger partial charge in [-0.2, -0.15) is 12.7 Å². The lowest BCUT2D eigenvalue weighted by Crippen LogP contribution is -2.46. The quantitative estimate of drug-likeness (QED) is 0.474. The van der Waals surface area contributed by atoms with Gasteiger partial charge in [-0.25, -0.2) is 18.3 Å². The first-order chi connectivity index (χ1) is 9.12. The summed E-state index contributed by atoms with van der Waals surface area (Å²) in [6.45, 7) is 0.251. The van der Waals surface area contributed by atoms with Gasteiger partial charge in [-0.15, -0.1) is 0 Å². The minimum Gasteiger partial charge on any atom is -0.481 e. The smallest absolute Gasteiger partial charge is 0.306 e. The Balaban J connectivity index is 2.40. The molecule has 0 aromatic rings. The lowest BCUT2D eigenvalue weighted by Gasteiger charge is -2.29. The van der Waals surface area contributed by atoms with E-state index < -0.39 is 32.1 Å². The SMILES string of the molecule is NS(=O)(=O)CCCNS(=O)(=O)N1CCC(C(=O)O)CC1. The van der Waals surface area contributed by atoms with Crippen LogP contribution in [0.15, 0.2) is 0 Å².